The minimum atomic E-state index is -0.338. The van der Waals surface area contributed by atoms with E-state index in [2.05, 4.69) is 30.7 Å². The molecule has 0 saturated carbocycles. The molecule has 1 aromatic rings. The number of ether oxygens (including phenoxy) is 1. The van der Waals surface area contributed by atoms with Crippen molar-refractivity contribution < 1.29 is 9.53 Å². The Morgan fingerprint density at radius 2 is 2.24 bits per heavy atom. The highest BCUT2D eigenvalue weighted by Gasteiger charge is 2.17. The average molecular weight is 256 g/mol. The molecule has 17 heavy (non-hydrogen) atoms. The molecule has 0 unspecified atom stereocenters. The van der Waals surface area contributed by atoms with E-state index in [4.69, 9.17) is 4.74 Å². The van der Waals surface area contributed by atoms with E-state index in [1.807, 2.05) is 0 Å². The Hall–Kier alpha value is -1.10. The third-order valence-electron chi connectivity index (χ3n) is 2.31. The quantitative estimate of drug-likeness (QED) is 0.734. The SMILES string of the molecule is CCCN(c1nc(C(=O)OCC)cs1)C(C)C. The van der Waals surface area contributed by atoms with Crippen LogP contribution in [0.15, 0.2) is 5.38 Å². The lowest BCUT2D eigenvalue weighted by atomic mass is 10.3. The number of aromatic nitrogens is 1. The summed E-state index contributed by atoms with van der Waals surface area (Å²) in [4.78, 5) is 18.1. The number of anilines is 1. The molecule has 4 nitrogen and oxygen atoms in total. The van der Waals surface area contributed by atoms with E-state index in [1.165, 1.54) is 11.3 Å². The van der Waals surface area contributed by atoms with Gasteiger partial charge in [0.25, 0.3) is 0 Å². The molecule has 0 aliphatic heterocycles. The number of thiazole rings is 1. The summed E-state index contributed by atoms with van der Waals surface area (Å²) in [6, 6.07) is 0.385. The van der Waals surface area contributed by atoms with Gasteiger partial charge in [0, 0.05) is 18.0 Å². The maximum absolute atomic E-state index is 11.5. The summed E-state index contributed by atoms with van der Waals surface area (Å²) >= 11 is 1.49. The Kier molecular flexibility index (Phi) is 5.41. The predicted molar refractivity (Wildman–Crippen MR) is 70.8 cm³/mol. The van der Waals surface area contributed by atoms with Gasteiger partial charge < -0.3 is 9.64 Å². The van der Waals surface area contributed by atoms with Crippen LogP contribution in [0.5, 0.6) is 0 Å². The van der Waals surface area contributed by atoms with Crippen LogP contribution in [0.4, 0.5) is 5.13 Å². The fraction of sp³-hybridized carbons (Fsp3) is 0.667. The molecule has 0 fully saturated rings. The minimum absolute atomic E-state index is 0.338. The molecule has 1 heterocycles. The van der Waals surface area contributed by atoms with Gasteiger partial charge in [0.1, 0.15) is 0 Å². The zero-order chi connectivity index (χ0) is 12.8. The molecule has 0 spiro atoms. The third kappa shape index (κ3) is 3.70. The molecule has 0 amide bonds. The van der Waals surface area contributed by atoms with E-state index in [0.717, 1.165) is 18.1 Å². The van der Waals surface area contributed by atoms with Crippen LogP contribution in [0.3, 0.4) is 0 Å². The van der Waals surface area contributed by atoms with Gasteiger partial charge >= 0.3 is 5.97 Å². The van der Waals surface area contributed by atoms with E-state index in [0.29, 0.717) is 18.3 Å². The lowest BCUT2D eigenvalue weighted by Crippen LogP contribution is -2.31. The summed E-state index contributed by atoms with van der Waals surface area (Å²) in [7, 11) is 0. The van der Waals surface area contributed by atoms with Crippen molar-refractivity contribution in [2.45, 2.75) is 40.2 Å². The molecule has 0 saturated heterocycles. The van der Waals surface area contributed by atoms with Gasteiger partial charge in [-0.1, -0.05) is 6.92 Å². The van der Waals surface area contributed by atoms with Crippen molar-refractivity contribution in [3.63, 3.8) is 0 Å². The normalized spacial score (nSPS) is 10.6. The van der Waals surface area contributed by atoms with Gasteiger partial charge in [0.15, 0.2) is 10.8 Å². The van der Waals surface area contributed by atoms with Crippen LogP contribution in [0, 0.1) is 0 Å². The van der Waals surface area contributed by atoms with Crippen LogP contribution in [-0.4, -0.2) is 30.1 Å². The van der Waals surface area contributed by atoms with Crippen LogP contribution >= 0.6 is 11.3 Å². The highest BCUT2D eigenvalue weighted by molar-refractivity contribution is 7.13. The zero-order valence-corrected chi connectivity index (χ0v) is 11.7. The fourth-order valence-corrected chi connectivity index (χ4v) is 2.47. The number of esters is 1. The fourth-order valence-electron chi connectivity index (χ4n) is 1.51. The summed E-state index contributed by atoms with van der Waals surface area (Å²) in [6.07, 6.45) is 1.06. The van der Waals surface area contributed by atoms with E-state index in [9.17, 15) is 4.79 Å². The van der Waals surface area contributed by atoms with Crippen molar-refractivity contribution >= 4 is 22.4 Å². The minimum Gasteiger partial charge on any atom is -0.461 e. The molecule has 0 radical (unpaired) electrons. The Morgan fingerprint density at radius 1 is 1.53 bits per heavy atom. The molecule has 1 rings (SSSR count). The van der Waals surface area contributed by atoms with Crippen LogP contribution in [0.1, 0.15) is 44.6 Å². The molecule has 0 atom stereocenters. The summed E-state index contributed by atoms with van der Waals surface area (Å²) in [5.74, 6) is -0.338. The monoisotopic (exact) mass is 256 g/mol. The van der Waals surface area contributed by atoms with E-state index in [-0.39, 0.29) is 5.97 Å². The first-order chi connectivity index (χ1) is 8.10. The van der Waals surface area contributed by atoms with Crippen molar-refractivity contribution in [3.8, 4) is 0 Å². The molecule has 0 aliphatic carbocycles. The van der Waals surface area contributed by atoms with E-state index >= 15 is 0 Å². The van der Waals surface area contributed by atoms with Crippen LogP contribution in [-0.2, 0) is 4.74 Å². The van der Waals surface area contributed by atoms with Crippen molar-refractivity contribution in [3.05, 3.63) is 11.1 Å². The van der Waals surface area contributed by atoms with E-state index in [1.54, 1.807) is 12.3 Å². The van der Waals surface area contributed by atoms with Gasteiger partial charge in [0.2, 0.25) is 0 Å². The first-order valence-corrected chi connectivity index (χ1v) is 6.87. The van der Waals surface area contributed by atoms with Crippen molar-refractivity contribution in [2.24, 2.45) is 0 Å². The van der Waals surface area contributed by atoms with Gasteiger partial charge in [-0.05, 0) is 27.2 Å². The molecule has 0 aromatic carbocycles. The van der Waals surface area contributed by atoms with Gasteiger partial charge in [-0.3, -0.25) is 0 Å². The molecule has 5 heteroatoms. The summed E-state index contributed by atoms with van der Waals surface area (Å²) in [6.45, 7) is 9.52. The lowest BCUT2D eigenvalue weighted by Gasteiger charge is -2.25. The largest absolute Gasteiger partial charge is 0.461 e. The average Bonchev–Trinajstić information content (AvgIpc) is 2.74. The molecule has 0 aliphatic rings. The second-order valence-electron chi connectivity index (χ2n) is 4.02. The van der Waals surface area contributed by atoms with Crippen LogP contribution in [0.25, 0.3) is 0 Å². The third-order valence-corrected chi connectivity index (χ3v) is 3.19. The lowest BCUT2D eigenvalue weighted by molar-refractivity contribution is 0.0520. The maximum Gasteiger partial charge on any atom is 0.357 e. The number of hydrogen-bond acceptors (Lipinski definition) is 5. The Balaban J connectivity index is 2.81. The van der Waals surface area contributed by atoms with Crippen LogP contribution in [0.2, 0.25) is 0 Å². The molecule has 0 bridgehead atoms. The highest BCUT2D eigenvalue weighted by atomic mass is 32.1. The van der Waals surface area contributed by atoms with Crippen molar-refractivity contribution in [2.75, 3.05) is 18.1 Å². The zero-order valence-electron chi connectivity index (χ0n) is 10.9. The molecule has 96 valence electrons. The van der Waals surface area contributed by atoms with Gasteiger partial charge in [-0.15, -0.1) is 11.3 Å². The van der Waals surface area contributed by atoms with Gasteiger partial charge in [-0.2, -0.15) is 0 Å². The first kappa shape index (κ1) is 14.0. The second-order valence-corrected chi connectivity index (χ2v) is 4.86. The number of hydrogen-bond donors (Lipinski definition) is 0. The van der Waals surface area contributed by atoms with Crippen molar-refractivity contribution in [1.29, 1.82) is 0 Å². The molecule has 1 aromatic heterocycles. The van der Waals surface area contributed by atoms with Gasteiger partial charge in [-0.25, -0.2) is 9.78 Å². The predicted octanol–water partition coefficient (Wildman–Crippen LogP) is 2.94. The molecule has 0 N–H and O–H groups in total. The standard InChI is InChI=1S/C12H20N2O2S/c1-5-7-14(9(3)4)12-13-10(8-17-12)11(15)16-6-2/h8-9H,5-7H2,1-4H3. The number of carbonyl (C=O) groups excluding carboxylic acids is 1. The van der Waals surface area contributed by atoms with Gasteiger partial charge in [0.05, 0.1) is 6.61 Å². The summed E-state index contributed by atoms with van der Waals surface area (Å²) in [5.41, 5.74) is 0.411. The Bertz CT molecular complexity index is 363. The highest BCUT2D eigenvalue weighted by Crippen LogP contribution is 2.23. The summed E-state index contributed by atoms with van der Waals surface area (Å²) in [5, 5.41) is 2.66. The van der Waals surface area contributed by atoms with E-state index < -0.39 is 0 Å². The smallest absolute Gasteiger partial charge is 0.357 e. The Labute approximate surface area is 107 Å². The topological polar surface area (TPSA) is 42.4 Å². The Morgan fingerprint density at radius 3 is 2.76 bits per heavy atom. The second kappa shape index (κ2) is 6.59. The maximum atomic E-state index is 11.5. The number of nitrogens with zero attached hydrogens (tertiary/aromatic N) is 2. The molecular formula is C12H20N2O2S. The number of carbonyl (C=O) groups is 1. The first-order valence-electron chi connectivity index (χ1n) is 5.99. The molecular weight excluding hydrogens is 236 g/mol. The van der Waals surface area contributed by atoms with Crippen LogP contribution < -0.4 is 4.90 Å². The van der Waals surface area contributed by atoms with Crippen molar-refractivity contribution in [1.82, 2.24) is 4.98 Å². The number of rotatable bonds is 6. The summed E-state index contributed by atoms with van der Waals surface area (Å²) < 4.78 is 4.93.